The van der Waals surface area contributed by atoms with Gasteiger partial charge in [0.15, 0.2) is 0 Å². The summed E-state index contributed by atoms with van der Waals surface area (Å²) in [5.41, 5.74) is 0.531. The van der Waals surface area contributed by atoms with Crippen LogP contribution in [0.2, 0.25) is 0 Å². The predicted molar refractivity (Wildman–Crippen MR) is 144 cm³/mol. The fourth-order valence-corrected chi connectivity index (χ4v) is 5.66. The molecule has 1 aromatic carbocycles. The van der Waals surface area contributed by atoms with Crippen LogP contribution in [-0.2, 0) is 4.74 Å². The van der Waals surface area contributed by atoms with E-state index in [1.54, 1.807) is 13.2 Å². The number of fused-ring (bicyclic) bond motifs is 1. The van der Waals surface area contributed by atoms with E-state index in [0.717, 1.165) is 44.5 Å². The van der Waals surface area contributed by atoms with Crippen molar-refractivity contribution < 1.29 is 23.2 Å². The van der Waals surface area contributed by atoms with Crippen molar-refractivity contribution in [2.45, 2.75) is 83.8 Å². The van der Waals surface area contributed by atoms with Gasteiger partial charge in [-0.05, 0) is 82.8 Å². The van der Waals surface area contributed by atoms with E-state index in [1.165, 1.54) is 10.7 Å². The minimum Gasteiger partial charge on any atom is -0.496 e. The smallest absolute Gasteiger partial charge is 0.410 e. The highest BCUT2D eigenvalue weighted by molar-refractivity contribution is 5.90. The number of amides is 1. The molecule has 0 N–H and O–H groups in total. The van der Waals surface area contributed by atoms with Crippen molar-refractivity contribution in [3.8, 4) is 11.7 Å². The zero-order valence-electron chi connectivity index (χ0n) is 23.7. The highest BCUT2D eigenvalue weighted by Gasteiger charge is 2.33. The molecule has 2 aliphatic rings. The van der Waals surface area contributed by atoms with Gasteiger partial charge >= 0.3 is 6.09 Å². The van der Waals surface area contributed by atoms with E-state index >= 15 is 4.39 Å². The number of rotatable bonds is 5. The van der Waals surface area contributed by atoms with Gasteiger partial charge in [-0.25, -0.2) is 9.18 Å². The zero-order chi connectivity index (χ0) is 27.9. The lowest BCUT2D eigenvalue weighted by atomic mass is 9.93. The Kier molecular flexibility index (Phi) is 7.54. The highest BCUT2D eigenvalue weighted by atomic mass is 19.1. The topological polar surface area (TPSA) is 98.8 Å². The largest absolute Gasteiger partial charge is 0.496 e. The Morgan fingerprint density at radius 2 is 1.79 bits per heavy atom. The van der Waals surface area contributed by atoms with E-state index < -0.39 is 11.4 Å². The van der Waals surface area contributed by atoms with Crippen LogP contribution in [0.25, 0.3) is 16.9 Å². The number of halogens is 1. The first kappa shape index (κ1) is 27.4. The molecule has 11 heteroatoms. The molecular formula is C28H39FN6O4. The summed E-state index contributed by atoms with van der Waals surface area (Å²) >= 11 is 0. The quantitative estimate of drug-likeness (QED) is 0.431. The van der Waals surface area contributed by atoms with E-state index in [0.29, 0.717) is 36.2 Å². The molecular weight excluding hydrogens is 503 g/mol. The molecule has 0 unspecified atom stereocenters. The number of hydrogen-bond donors (Lipinski definition) is 0. The molecule has 0 radical (unpaired) electrons. The van der Waals surface area contributed by atoms with Gasteiger partial charge in [0.05, 0.1) is 18.2 Å². The molecule has 4 heterocycles. The molecule has 212 valence electrons. The van der Waals surface area contributed by atoms with E-state index in [-0.39, 0.29) is 29.4 Å². The second-order valence-electron chi connectivity index (χ2n) is 11.9. The number of benzene rings is 1. The van der Waals surface area contributed by atoms with Gasteiger partial charge in [-0.2, -0.15) is 14.8 Å². The van der Waals surface area contributed by atoms with Gasteiger partial charge < -0.3 is 23.8 Å². The van der Waals surface area contributed by atoms with Gasteiger partial charge in [-0.3, -0.25) is 0 Å². The number of hydrogen-bond acceptors (Lipinski definition) is 8. The third kappa shape index (κ3) is 5.59. The second kappa shape index (κ2) is 10.7. The number of methoxy groups -OCH3 is 1. The number of nitrogens with zero attached hydrogens (tertiary/aromatic N) is 6. The third-order valence-corrected chi connectivity index (χ3v) is 7.66. The summed E-state index contributed by atoms with van der Waals surface area (Å²) in [5, 5.41) is 9.48. The summed E-state index contributed by atoms with van der Waals surface area (Å²) in [6, 6.07) is 3.44. The van der Waals surface area contributed by atoms with Crippen LogP contribution in [0.5, 0.6) is 5.75 Å². The first-order valence-corrected chi connectivity index (χ1v) is 13.9. The highest BCUT2D eigenvalue weighted by Crippen LogP contribution is 2.36. The maximum Gasteiger partial charge on any atom is 0.410 e. The summed E-state index contributed by atoms with van der Waals surface area (Å²) < 4.78 is 33.2. The van der Waals surface area contributed by atoms with E-state index in [4.69, 9.17) is 14.0 Å². The molecule has 0 saturated carbocycles. The van der Waals surface area contributed by atoms with Crippen molar-refractivity contribution in [2.75, 3.05) is 33.3 Å². The lowest BCUT2D eigenvalue weighted by molar-refractivity contribution is 0.0124. The van der Waals surface area contributed by atoms with Crippen LogP contribution >= 0.6 is 0 Å². The molecule has 0 bridgehead atoms. The van der Waals surface area contributed by atoms with Gasteiger partial charge in [-0.1, -0.05) is 13.8 Å². The lowest BCUT2D eigenvalue weighted by Gasteiger charge is -2.41. The Morgan fingerprint density at radius 3 is 2.41 bits per heavy atom. The molecule has 0 spiro atoms. The van der Waals surface area contributed by atoms with Crippen LogP contribution in [0.1, 0.15) is 83.7 Å². The SMILES string of the molecule is COc1ccc(F)c2c1c(C(C)C)nn2-c1noc(C2CCN(C3CCN(C(=O)OC(C)(C)C)CC3)CC2)n1. The van der Waals surface area contributed by atoms with Crippen LogP contribution in [0.4, 0.5) is 9.18 Å². The van der Waals surface area contributed by atoms with Crippen molar-refractivity contribution in [1.82, 2.24) is 29.7 Å². The summed E-state index contributed by atoms with van der Waals surface area (Å²) in [7, 11) is 1.57. The predicted octanol–water partition coefficient (Wildman–Crippen LogP) is 5.26. The number of ether oxygens (including phenoxy) is 2. The fourth-order valence-electron chi connectivity index (χ4n) is 5.66. The van der Waals surface area contributed by atoms with Crippen LogP contribution in [0, 0.1) is 5.82 Å². The van der Waals surface area contributed by atoms with Crippen molar-refractivity contribution in [2.24, 2.45) is 0 Å². The Bertz CT molecular complexity index is 1310. The summed E-state index contributed by atoms with van der Waals surface area (Å²) in [5.74, 6) is 1.12. The Morgan fingerprint density at radius 1 is 1.10 bits per heavy atom. The number of aromatic nitrogens is 4. The molecule has 39 heavy (non-hydrogen) atoms. The Hall–Kier alpha value is -3.21. The minimum absolute atomic E-state index is 0.0520. The van der Waals surface area contributed by atoms with E-state index in [1.807, 2.05) is 39.5 Å². The molecule has 5 rings (SSSR count). The molecule has 2 aliphatic heterocycles. The third-order valence-electron chi connectivity index (χ3n) is 7.66. The minimum atomic E-state index is -0.479. The second-order valence-corrected chi connectivity index (χ2v) is 11.9. The normalized spacial score (nSPS) is 18.3. The average molecular weight is 543 g/mol. The first-order chi connectivity index (χ1) is 18.6. The van der Waals surface area contributed by atoms with Crippen LogP contribution in [-0.4, -0.2) is 80.7 Å². The van der Waals surface area contributed by atoms with Gasteiger partial charge in [0.2, 0.25) is 5.89 Å². The van der Waals surface area contributed by atoms with E-state index in [9.17, 15) is 4.79 Å². The number of likely N-dealkylation sites (tertiary alicyclic amines) is 2. The molecule has 0 atom stereocenters. The van der Waals surface area contributed by atoms with Gasteiger partial charge in [-0.15, -0.1) is 0 Å². The summed E-state index contributed by atoms with van der Waals surface area (Å²) in [6.45, 7) is 13.0. The van der Waals surface area contributed by atoms with Crippen LogP contribution < -0.4 is 4.74 Å². The van der Waals surface area contributed by atoms with Crippen LogP contribution in [0.15, 0.2) is 16.7 Å². The molecule has 2 saturated heterocycles. The number of carbonyl (C=O) groups is 1. The average Bonchev–Trinajstić information content (AvgIpc) is 3.54. The lowest BCUT2D eigenvalue weighted by Crippen LogP contribution is -2.49. The Balaban J connectivity index is 1.24. The zero-order valence-corrected chi connectivity index (χ0v) is 23.7. The Labute approximate surface area is 228 Å². The molecule has 0 aliphatic carbocycles. The molecule has 2 fully saturated rings. The van der Waals surface area contributed by atoms with Crippen molar-refractivity contribution >= 4 is 17.0 Å². The molecule has 10 nitrogen and oxygen atoms in total. The van der Waals surface area contributed by atoms with Gasteiger partial charge in [0, 0.05) is 25.0 Å². The van der Waals surface area contributed by atoms with E-state index in [2.05, 4.69) is 20.1 Å². The van der Waals surface area contributed by atoms with Crippen molar-refractivity contribution in [1.29, 1.82) is 0 Å². The van der Waals surface area contributed by atoms with Crippen molar-refractivity contribution in [3.05, 3.63) is 29.5 Å². The van der Waals surface area contributed by atoms with Crippen LogP contribution in [0.3, 0.4) is 0 Å². The molecule has 2 aromatic heterocycles. The number of carbonyl (C=O) groups excluding carboxylic acids is 1. The van der Waals surface area contributed by atoms with Gasteiger partial charge in [0.25, 0.3) is 5.95 Å². The number of piperidine rings is 2. The van der Waals surface area contributed by atoms with Gasteiger partial charge in [0.1, 0.15) is 22.7 Å². The summed E-state index contributed by atoms with van der Waals surface area (Å²) in [4.78, 5) is 21.4. The molecule has 1 amide bonds. The fraction of sp³-hybridized carbons (Fsp3) is 0.643. The monoisotopic (exact) mass is 542 g/mol. The maximum absolute atomic E-state index is 15.0. The summed E-state index contributed by atoms with van der Waals surface area (Å²) in [6.07, 6.45) is 3.44. The molecule has 3 aromatic rings. The first-order valence-electron chi connectivity index (χ1n) is 13.9. The van der Waals surface area contributed by atoms with Crippen molar-refractivity contribution in [3.63, 3.8) is 0 Å². The maximum atomic E-state index is 15.0. The standard InChI is InChI=1S/C28H39FN6O4/c1-17(2)23-22-21(37-6)8-7-20(29)24(22)35(31-23)26-30-25(39-32-26)18-9-13-33(14-10-18)19-11-15-34(16-12-19)27(36)38-28(3,4)5/h7-8,17-19H,9-16H2,1-6H3.